The summed E-state index contributed by atoms with van der Waals surface area (Å²) < 4.78 is 0. The first kappa shape index (κ1) is 21.9. The zero-order chi connectivity index (χ0) is 22.2. The number of nitrogens with one attached hydrogen (secondary N) is 1. The van der Waals surface area contributed by atoms with Crippen molar-refractivity contribution < 1.29 is 19.8 Å². The number of phenolic OH excluding ortho intramolecular Hbond substituents is 1. The molecule has 6 nitrogen and oxygen atoms in total. The molecule has 0 aliphatic carbocycles. The number of hydrogen-bond acceptors (Lipinski definition) is 4. The van der Waals surface area contributed by atoms with E-state index < -0.39 is 17.9 Å². The lowest BCUT2D eigenvalue weighted by Crippen LogP contribution is -2.41. The molecule has 1 atom stereocenters. The highest BCUT2D eigenvalue weighted by Gasteiger charge is 2.21. The van der Waals surface area contributed by atoms with E-state index in [9.17, 15) is 19.8 Å². The van der Waals surface area contributed by atoms with Crippen molar-refractivity contribution in [1.29, 1.82) is 0 Å². The molecule has 31 heavy (non-hydrogen) atoms. The minimum absolute atomic E-state index is 0.203. The van der Waals surface area contributed by atoms with Gasteiger partial charge in [0.05, 0.1) is 0 Å². The number of aliphatic carboxylic acids is 1. The molecule has 0 saturated heterocycles. The van der Waals surface area contributed by atoms with Gasteiger partial charge in [0, 0.05) is 11.3 Å². The SMILES string of the molecule is Nc1ccc(C(=O)N[C@@H](CCc2ccccc2)C(=O)O)cc1CCc1cccc(O)c1. The number of anilines is 1. The van der Waals surface area contributed by atoms with Gasteiger partial charge in [-0.1, -0.05) is 42.5 Å². The molecule has 0 aromatic heterocycles. The van der Waals surface area contributed by atoms with Crippen LogP contribution in [0, 0.1) is 0 Å². The average molecular weight is 418 g/mol. The maximum Gasteiger partial charge on any atom is 0.326 e. The topological polar surface area (TPSA) is 113 Å². The van der Waals surface area contributed by atoms with Crippen molar-refractivity contribution in [3.8, 4) is 5.75 Å². The minimum Gasteiger partial charge on any atom is -0.508 e. The van der Waals surface area contributed by atoms with Gasteiger partial charge in [-0.3, -0.25) is 4.79 Å². The third-order valence-electron chi connectivity index (χ3n) is 5.17. The lowest BCUT2D eigenvalue weighted by atomic mass is 10.00. The summed E-state index contributed by atoms with van der Waals surface area (Å²) in [5, 5.41) is 21.7. The Balaban J connectivity index is 1.65. The fourth-order valence-corrected chi connectivity index (χ4v) is 3.41. The van der Waals surface area contributed by atoms with E-state index in [4.69, 9.17) is 5.73 Å². The van der Waals surface area contributed by atoms with Crippen LogP contribution < -0.4 is 11.1 Å². The second kappa shape index (κ2) is 10.3. The number of nitrogens with two attached hydrogens (primary N) is 1. The number of aryl methyl sites for hydroxylation is 3. The Labute approximate surface area is 181 Å². The molecule has 0 aliphatic rings. The van der Waals surface area contributed by atoms with Crippen LogP contribution >= 0.6 is 0 Å². The number of carboxylic acids is 1. The van der Waals surface area contributed by atoms with Crippen LogP contribution in [-0.2, 0) is 24.1 Å². The molecular formula is C25H26N2O4. The highest BCUT2D eigenvalue weighted by atomic mass is 16.4. The fraction of sp³-hybridized carbons (Fsp3) is 0.200. The zero-order valence-corrected chi connectivity index (χ0v) is 17.1. The van der Waals surface area contributed by atoms with Gasteiger partial charge in [-0.15, -0.1) is 0 Å². The monoisotopic (exact) mass is 418 g/mol. The quantitative estimate of drug-likeness (QED) is 0.397. The van der Waals surface area contributed by atoms with Crippen LogP contribution in [0.1, 0.15) is 33.5 Å². The molecule has 3 aromatic carbocycles. The normalized spacial score (nSPS) is 11.6. The van der Waals surface area contributed by atoms with Crippen LogP contribution in [0.3, 0.4) is 0 Å². The van der Waals surface area contributed by atoms with Crippen LogP contribution in [0.25, 0.3) is 0 Å². The van der Waals surface area contributed by atoms with Crippen molar-refractivity contribution in [1.82, 2.24) is 5.32 Å². The van der Waals surface area contributed by atoms with Crippen molar-refractivity contribution >= 4 is 17.6 Å². The molecule has 0 unspecified atom stereocenters. The van der Waals surface area contributed by atoms with Gasteiger partial charge in [-0.05, 0) is 72.7 Å². The van der Waals surface area contributed by atoms with E-state index >= 15 is 0 Å². The first-order valence-electron chi connectivity index (χ1n) is 10.2. The Morgan fingerprint density at radius 3 is 2.32 bits per heavy atom. The second-order valence-electron chi connectivity index (χ2n) is 7.47. The third-order valence-corrected chi connectivity index (χ3v) is 5.17. The van der Waals surface area contributed by atoms with E-state index in [1.807, 2.05) is 36.4 Å². The number of carbonyl (C=O) groups is 2. The zero-order valence-electron chi connectivity index (χ0n) is 17.1. The molecule has 3 aromatic rings. The molecule has 0 heterocycles. The van der Waals surface area contributed by atoms with E-state index in [2.05, 4.69) is 5.32 Å². The van der Waals surface area contributed by atoms with Crippen LogP contribution in [-0.4, -0.2) is 28.1 Å². The molecule has 0 saturated carbocycles. The largest absolute Gasteiger partial charge is 0.508 e. The number of amides is 1. The summed E-state index contributed by atoms with van der Waals surface area (Å²) in [5.41, 5.74) is 9.78. The maximum atomic E-state index is 12.7. The minimum atomic E-state index is -1.07. The Morgan fingerprint density at radius 1 is 0.871 bits per heavy atom. The lowest BCUT2D eigenvalue weighted by molar-refractivity contribution is -0.139. The van der Waals surface area contributed by atoms with E-state index in [0.29, 0.717) is 36.9 Å². The molecule has 0 spiro atoms. The molecule has 1 amide bonds. The first-order chi connectivity index (χ1) is 14.9. The van der Waals surface area contributed by atoms with Gasteiger partial charge < -0.3 is 21.3 Å². The Bertz CT molecular complexity index is 1050. The number of nitrogen functional groups attached to an aromatic ring is 1. The molecule has 0 bridgehead atoms. The maximum absolute atomic E-state index is 12.7. The van der Waals surface area contributed by atoms with Gasteiger partial charge in [0.15, 0.2) is 0 Å². The summed E-state index contributed by atoms with van der Waals surface area (Å²) in [6.45, 7) is 0. The fourth-order valence-electron chi connectivity index (χ4n) is 3.41. The summed E-state index contributed by atoms with van der Waals surface area (Å²) in [7, 11) is 0. The van der Waals surface area contributed by atoms with Crippen molar-refractivity contribution in [3.63, 3.8) is 0 Å². The van der Waals surface area contributed by atoms with Crippen LogP contribution in [0.15, 0.2) is 72.8 Å². The van der Waals surface area contributed by atoms with Crippen LogP contribution in [0.5, 0.6) is 5.75 Å². The van der Waals surface area contributed by atoms with Gasteiger partial charge in [0.25, 0.3) is 5.91 Å². The van der Waals surface area contributed by atoms with Gasteiger partial charge in [-0.2, -0.15) is 0 Å². The Kier molecular flexibility index (Phi) is 7.27. The van der Waals surface area contributed by atoms with Crippen molar-refractivity contribution in [3.05, 3.63) is 95.1 Å². The van der Waals surface area contributed by atoms with Crippen LogP contribution in [0.4, 0.5) is 5.69 Å². The number of benzene rings is 3. The molecule has 0 fully saturated rings. The molecular weight excluding hydrogens is 392 g/mol. The Morgan fingerprint density at radius 2 is 1.61 bits per heavy atom. The van der Waals surface area contributed by atoms with Gasteiger partial charge in [0.1, 0.15) is 11.8 Å². The molecule has 3 rings (SSSR count). The van der Waals surface area contributed by atoms with E-state index in [1.165, 1.54) is 0 Å². The molecule has 0 aliphatic heterocycles. The summed E-state index contributed by atoms with van der Waals surface area (Å²) in [6, 6.07) is 20.5. The predicted molar refractivity (Wildman–Crippen MR) is 120 cm³/mol. The number of phenols is 1. The van der Waals surface area contributed by atoms with Gasteiger partial charge in [0.2, 0.25) is 0 Å². The highest BCUT2D eigenvalue weighted by molar-refractivity contribution is 5.97. The molecule has 5 N–H and O–H groups in total. The first-order valence-corrected chi connectivity index (χ1v) is 10.2. The predicted octanol–water partition coefficient (Wildman–Crippen LogP) is 3.58. The number of hydrogen-bond donors (Lipinski definition) is 4. The van der Waals surface area contributed by atoms with Crippen LogP contribution in [0.2, 0.25) is 0 Å². The lowest BCUT2D eigenvalue weighted by Gasteiger charge is -2.15. The summed E-state index contributed by atoms with van der Waals surface area (Å²) in [4.78, 5) is 24.3. The third kappa shape index (κ3) is 6.34. The summed E-state index contributed by atoms with van der Waals surface area (Å²) >= 11 is 0. The molecule has 6 heteroatoms. The highest BCUT2D eigenvalue weighted by Crippen LogP contribution is 2.19. The second-order valence-corrected chi connectivity index (χ2v) is 7.47. The van der Waals surface area contributed by atoms with Crippen molar-refractivity contribution in [2.75, 3.05) is 5.73 Å². The van der Waals surface area contributed by atoms with E-state index in [0.717, 1.165) is 16.7 Å². The Hall–Kier alpha value is -3.80. The summed E-state index contributed by atoms with van der Waals surface area (Å²) in [5.74, 6) is -1.31. The smallest absolute Gasteiger partial charge is 0.326 e. The van der Waals surface area contributed by atoms with Gasteiger partial charge in [-0.25, -0.2) is 4.79 Å². The van der Waals surface area contributed by atoms with Crippen molar-refractivity contribution in [2.45, 2.75) is 31.7 Å². The molecule has 160 valence electrons. The standard InChI is InChI=1S/C25H26N2O4/c26-22-13-12-20(16-19(22)11-9-18-7-4-8-21(28)15-18)24(29)27-23(25(30)31)14-10-17-5-2-1-3-6-17/h1-8,12-13,15-16,23,28H,9-11,14,26H2,(H,27,29)(H,30,31)/t23-/m0/s1. The number of rotatable bonds is 9. The number of aromatic hydroxyl groups is 1. The van der Waals surface area contributed by atoms with Gasteiger partial charge >= 0.3 is 5.97 Å². The molecule has 0 radical (unpaired) electrons. The van der Waals surface area contributed by atoms with E-state index in [1.54, 1.807) is 36.4 Å². The number of carbonyl (C=O) groups excluding carboxylic acids is 1. The van der Waals surface area contributed by atoms with E-state index in [-0.39, 0.29) is 5.75 Å². The summed E-state index contributed by atoms with van der Waals surface area (Å²) in [6.07, 6.45) is 2.09. The number of carboxylic acid groups (broad SMARTS) is 1. The average Bonchev–Trinajstić information content (AvgIpc) is 2.76. The van der Waals surface area contributed by atoms with Crippen molar-refractivity contribution in [2.24, 2.45) is 0 Å².